The number of halogens is 3. The average Bonchev–Trinajstić information content (AvgIpc) is 2.32. The summed E-state index contributed by atoms with van der Waals surface area (Å²) in [5.41, 5.74) is 0.763. The molecule has 7 heteroatoms. The van der Waals surface area contributed by atoms with Crippen LogP contribution in [0.25, 0.3) is 0 Å². The first-order valence-corrected chi connectivity index (χ1v) is 9.16. The van der Waals surface area contributed by atoms with Crippen molar-refractivity contribution in [3.8, 4) is 0 Å². The van der Waals surface area contributed by atoms with Crippen LogP contribution in [0.2, 0.25) is 0 Å². The monoisotopic (exact) mass is 481 g/mol. The Labute approximate surface area is 150 Å². The van der Waals surface area contributed by atoms with Gasteiger partial charge in [0.2, 0.25) is 5.91 Å². The maximum absolute atomic E-state index is 12.3. The number of nitrogens with zero attached hydrogens (tertiary/aromatic N) is 1. The molecular formula is C14H18Br3N3O. The van der Waals surface area contributed by atoms with Gasteiger partial charge < -0.3 is 10.6 Å². The number of rotatable bonds is 3. The lowest BCUT2D eigenvalue weighted by atomic mass is 10.1. The number of hydrogen-bond donors (Lipinski definition) is 2. The minimum absolute atomic E-state index is 0.0000208. The molecule has 1 saturated heterocycles. The average molecular weight is 484 g/mol. The van der Waals surface area contributed by atoms with Gasteiger partial charge >= 0.3 is 0 Å². The third-order valence-corrected chi connectivity index (χ3v) is 4.98. The number of amides is 1. The Balaban J connectivity index is 1.99. The van der Waals surface area contributed by atoms with Crippen LogP contribution in [0.4, 0.5) is 5.69 Å². The van der Waals surface area contributed by atoms with Crippen molar-refractivity contribution in [3.63, 3.8) is 0 Å². The number of hydrogen-bond acceptors (Lipinski definition) is 3. The maximum atomic E-state index is 12.3. The highest BCUT2D eigenvalue weighted by molar-refractivity contribution is 9.11. The summed E-state index contributed by atoms with van der Waals surface area (Å²) < 4.78 is 2.64. The van der Waals surface area contributed by atoms with Crippen molar-refractivity contribution in [2.24, 2.45) is 0 Å². The highest BCUT2D eigenvalue weighted by atomic mass is 79.9. The number of piperazine rings is 1. The normalized spacial score (nSPS) is 23.1. The van der Waals surface area contributed by atoms with Crippen LogP contribution in [-0.4, -0.2) is 42.5 Å². The Kier molecular flexibility index (Phi) is 6.25. The smallest absolute Gasteiger partial charge is 0.238 e. The quantitative estimate of drug-likeness (QED) is 0.690. The van der Waals surface area contributed by atoms with Crippen LogP contribution in [0, 0.1) is 0 Å². The molecule has 116 valence electrons. The fourth-order valence-electron chi connectivity index (χ4n) is 2.61. The predicted molar refractivity (Wildman–Crippen MR) is 96.7 cm³/mol. The van der Waals surface area contributed by atoms with Gasteiger partial charge in [0.1, 0.15) is 0 Å². The molecule has 0 aliphatic carbocycles. The van der Waals surface area contributed by atoms with Crippen LogP contribution >= 0.6 is 47.8 Å². The molecule has 1 heterocycles. The van der Waals surface area contributed by atoms with Crippen molar-refractivity contribution in [2.75, 3.05) is 25.0 Å². The molecule has 0 spiro atoms. The molecule has 1 amide bonds. The third-order valence-electron chi connectivity index (χ3n) is 3.27. The van der Waals surface area contributed by atoms with Crippen LogP contribution in [0.15, 0.2) is 25.6 Å². The summed E-state index contributed by atoms with van der Waals surface area (Å²) in [5.74, 6) is 0.0000208. The molecule has 21 heavy (non-hydrogen) atoms. The van der Waals surface area contributed by atoms with Crippen molar-refractivity contribution in [2.45, 2.75) is 25.9 Å². The molecule has 1 fully saturated rings. The van der Waals surface area contributed by atoms with Gasteiger partial charge in [0.15, 0.2) is 0 Å². The van der Waals surface area contributed by atoms with Crippen LogP contribution in [0.1, 0.15) is 13.8 Å². The third kappa shape index (κ3) is 5.03. The van der Waals surface area contributed by atoms with E-state index in [-0.39, 0.29) is 5.91 Å². The van der Waals surface area contributed by atoms with Gasteiger partial charge in [-0.2, -0.15) is 0 Å². The molecule has 0 aromatic heterocycles. The molecule has 1 aromatic rings. The molecule has 2 atom stereocenters. The molecule has 0 bridgehead atoms. The summed E-state index contributed by atoms with van der Waals surface area (Å²) >= 11 is 10.4. The first kappa shape index (κ1) is 17.4. The molecule has 4 nitrogen and oxygen atoms in total. The Morgan fingerprint density at radius 2 is 1.76 bits per heavy atom. The lowest BCUT2D eigenvalue weighted by Gasteiger charge is -2.35. The summed E-state index contributed by atoms with van der Waals surface area (Å²) in [6, 6.07) is 4.64. The number of carbonyl (C=O) groups is 1. The molecule has 2 unspecified atom stereocenters. The SMILES string of the molecule is CC1CN(CC(=O)Nc2c(Br)cc(Br)cc2Br)CC(C)N1. The summed E-state index contributed by atoms with van der Waals surface area (Å²) in [6.07, 6.45) is 0. The fraction of sp³-hybridized carbons (Fsp3) is 0.500. The highest BCUT2D eigenvalue weighted by Crippen LogP contribution is 2.34. The Morgan fingerprint density at radius 3 is 2.29 bits per heavy atom. The number of nitrogens with one attached hydrogen (secondary N) is 2. The van der Waals surface area contributed by atoms with E-state index in [9.17, 15) is 4.79 Å². The van der Waals surface area contributed by atoms with Gasteiger partial charge in [-0.15, -0.1) is 0 Å². The standard InChI is InChI=1S/C14H18Br3N3O/c1-8-5-20(6-9(2)18-8)7-13(21)19-14-11(16)3-10(15)4-12(14)17/h3-4,8-9,18H,5-7H2,1-2H3,(H,19,21). The second-order valence-corrected chi connectivity index (χ2v) is 8.08. The van der Waals surface area contributed by atoms with Crippen LogP contribution in [0.5, 0.6) is 0 Å². The van der Waals surface area contributed by atoms with E-state index in [1.807, 2.05) is 12.1 Å². The van der Waals surface area contributed by atoms with Gasteiger partial charge in [0, 0.05) is 38.6 Å². The van der Waals surface area contributed by atoms with Gasteiger partial charge in [-0.1, -0.05) is 15.9 Å². The van der Waals surface area contributed by atoms with Gasteiger partial charge in [-0.25, -0.2) is 0 Å². The van der Waals surface area contributed by atoms with Crippen LogP contribution < -0.4 is 10.6 Å². The topological polar surface area (TPSA) is 44.4 Å². The number of anilines is 1. The minimum atomic E-state index is 0.0000208. The van der Waals surface area contributed by atoms with E-state index in [0.717, 1.165) is 32.2 Å². The largest absolute Gasteiger partial charge is 0.323 e. The summed E-state index contributed by atoms with van der Waals surface area (Å²) in [7, 11) is 0. The molecule has 2 rings (SSSR count). The van der Waals surface area contributed by atoms with Crippen molar-refractivity contribution < 1.29 is 4.79 Å². The van der Waals surface area contributed by atoms with E-state index < -0.39 is 0 Å². The van der Waals surface area contributed by atoms with E-state index in [1.165, 1.54) is 0 Å². The Hall–Kier alpha value is 0.0500. The lowest BCUT2D eigenvalue weighted by Crippen LogP contribution is -2.55. The predicted octanol–water partition coefficient (Wildman–Crippen LogP) is 3.59. The zero-order valence-electron chi connectivity index (χ0n) is 11.9. The van der Waals surface area contributed by atoms with Gasteiger partial charge in [-0.3, -0.25) is 9.69 Å². The van der Waals surface area contributed by atoms with E-state index in [1.54, 1.807) is 0 Å². The van der Waals surface area contributed by atoms with Gasteiger partial charge in [0.25, 0.3) is 0 Å². The lowest BCUT2D eigenvalue weighted by molar-refractivity contribution is -0.117. The van der Waals surface area contributed by atoms with Crippen molar-refractivity contribution in [3.05, 3.63) is 25.6 Å². The van der Waals surface area contributed by atoms with Crippen LogP contribution in [-0.2, 0) is 4.79 Å². The molecule has 0 saturated carbocycles. The van der Waals surface area contributed by atoms with E-state index >= 15 is 0 Å². The zero-order chi connectivity index (χ0) is 15.6. The van der Waals surface area contributed by atoms with E-state index in [0.29, 0.717) is 18.6 Å². The van der Waals surface area contributed by atoms with Crippen LogP contribution in [0.3, 0.4) is 0 Å². The molecule has 1 aliphatic rings. The minimum Gasteiger partial charge on any atom is -0.323 e. The Morgan fingerprint density at radius 1 is 1.24 bits per heavy atom. The summed E-state index contributed by atoms with van der Waals surface area (Å²) in [4.78, 5) is 14.4. The zero-order valence-corrected chi connectivity index (χ0v) is 16.7. The summed E-state index contributed by atoms with van der Waals surface area (Å²) in [6.45, 7) is 6.47. The molecule has 1 aromatic carbocycles. The fourth-order valence-corrected chi connectivity index (χ4v) is 5.07. The van der Waals surface area contributed by atoms with E-state index in [4.69, 9.17) is 0 Å². The first-order valence-electron chi connectivity index (χ1n) is 6.78. The van der Waals surface area contributed by atoms with Crippen molar-refractivity contribution >= 4 is 59.4 Å². The summed E-state index contributed by atoms with van der Waals surface area (Å²) in [5, 5.41) is 6.43. The molecule has 2 N–H and O–H groups in total. The number of carbonyl (C=O) groups excluding carboxylic acids is 1. The Bertz CT molecular complexity index is 505. The highest BCUT2D eigenvalue weighted by Gasteiger charge is 2.23. The molecule has 0 radical (unpaired) electrons. The van der Waals surface area contributed by atoms with E-state index in [2.05, 4.69) is 77.2 Å². The molecule has 1 aliphatic heterocycles. The second-order valence-electron chi connectivity index (χ2n) is 5.46. The van der Waals surface area contributed by atoms with Gasteiger partial charge in [-0.05, 0) is 57.8 Å². The first-order chi connectivity index (χ1) is 9.85. The second kappa shape index (κ2) is 7.55. The van der Waals surface area contributed by atoms with Crippen molar-refractivity contribution in [1.29, 1.82) is 0 Å². The number of benzene rings is 1. The van der Waals surface area contributed by atoms with Gasteiger partial charge in [0.05, 0.1) is 12.2 Å². The maximum Gasteiger partial charge on any atom is 0.238 e. The molecular weight excluding hydrogens is 466 g/mol. The van der Waals surface area contributed by atoms with Crippen molar-refractivity contribution in [1.82, 2.24) is 10.2 Å².